The third-order valence-corrected chi connectivity index (χ3v) is 17.7. The number of aryl methyl sites for hydroxylation is 2. The Labute approximate surface area is 432 Å². The first-order chi connectivity index (χ1) is 36.1. The number of hydrogen-bond acceptors (Lipinski definition) is 26. The number of rotatable bonds is 20. The second kappa shape index (κ2) is 23.1. The van der Waals surface area contributed by atoms with Crippen LogP contribution >= 0.6 is 33.8 Å². The van der Waals surface area contributed by atoms with Crippen molar-refractivity contribution in [2.75, 3.05) is 32.2 Å². The molecule has 0 saturated carbocycles. The quantitative estimate of drug-likeness (QED) is 0.0374. The van der Waals surface area contributed by atoms with E-state index in [1.807, 2.05) is 4.98 Å². The standard InChI is InChI=1S/C38H50N9O26P3S/c1-15-9-46(37(57)42-31(15)53)25-7-17(19(11-48)68-25)72-74(59,60)66-14-22-28(51)30(34(71-22)45-5-3-23(39)40-35(45)55)77-76(63,64)67-12-20-18(8-26(69-20)47-10-16(2)32(54)43-38(47)58)73-75(61,62)65-13-21-27(50)29(52)33(70-21)44-6-4-24(49)41-36(44)56/h3-6,9-10,17-22,25-30,33-34,48,50-52H,7-8,11-14H2,1-2H3,(H,59,60)(H,61,62)(H,63,64)(H2,39,40,55)(H,41,49,56)(H,42,53,57)(H,43,54,58)/t17-,18-,19+,20+,21+,22+,25+,26+,27+,28+,29+,30+,33+,34+/m0/s1. The summed E-state index contributed by atoms with van der Waals surface area (Å²) in [6.07, 6.45) is -17.4. The number of nitrogens with zero attached hydrogens (tertiary/aromatic N) is 5. The van der Waals surface area contributed by atoms with Crippen LogP contribution in [0.25, 0.3) is 0 Å². The number of nitrogens with two attached hydrogens (primary N) is 1. The molecule has 8 heterocycles. The van der Waals surface area contributed by atoms with E-state index in [4.69, 9.17) is 47.3 Å². The third kappa shape index (κ3) is 13.3. The molecule has 424 valence electrons. The Kier molecular flexibility index (Phi) is 17.5. The van der Waals surface area contributed by atoms with Crippen molar-refractivity contribution in [1.29, 1.82) is 0 Å². The van der Waals surface area contributed by atoms with E-state index >= 15 is 0 Å². The first-order valence-corrected chi connectivity index (χ1v) is 28.7. The predicted molar refractivity (Wildman–Crippen MR) is 255 cm³/mol. The smallest absolute Gasteiger partial charge is 0.394 e. The molecule has 4 saturated heterocycles. The number of hydrogen-bond donors (Lipinski definition) is 11. The molecule has 4 fully saturated rings. The monoisotopic (exact) mass is 1170 g/mol. The maximum absolute atomic E-state index is 14.0. The van der Waals surface area contributed by atoms with Crippen LogP contribution in [-0.4, -0.2) is 160 Å². The Morgan fingerprint density at radius 1 is 0.649 bits per heavy atom. The molecule has 4 aromatic heterocycles. The third-order valence-electron chi connectivity index (χ3n) is 12.4. The van der Waals surface area contributed by atoms with E-state index in [1.54, 1.807) is 0 Å². The van der Waals surface area contributed by atoms with Gasteiger partial charge in [-0.05, 0) is 31.3 Å². The zero-order chi connectivity index (χ0) is 56.1. The molecule has 4 aliphatic rings. The van der Waals surface area contributed by atoms with E-state index in [0.717, 1.165) is 49.0 Å². The van der Waals surface area contributed by atoms with Crippen molar-refractivity contribution in [3.05, 3.63) is 121 Å². The molecule has 77 heavy (non-hydrogen) atoms. The van der Waals surface area contributed by atoms with Gasteiger partial charge in [-0.25, -0.2) is 32.9 Å². The summed E-state index contributed by atoms with van der Waals surface area (Å²) in [6, 6.07) is 2.06. The number of anilines is 1. The number of aromatic amines is 3. The highest BCUT2D eigenvalue weighted by molar-refractivity contribution is 8.55. The van der Waals surface area contributed by atoms with Crippen molar-refractivity contribution in [2.45, 2.75) is 112 Å². The highest BCUT2D eigenvalue weighted by Gasteiger charge is 2.52. The van der Waals surface area contributed by atoms with Crippen LogP contribution in [0.5, 0.6) is 0 Å². The molecule has 4 aromatic rings. The molecule has 0 aliphatic carbocycles. The van der Waals surface area contributed by atoms with Crippen LogP contribution in [0, 0.1) is 13.8 Å². The van der Waals surface area contributed by atoms with Gasteiger partial charge >= 0.3 is 45.2 Å². The Bertz CT molecular complexity index is 3420. The van der Waals surface area contributed by atoms with Crippen molar-refractivity contribution in [2.24, 2.45) is 0 Å². The van der Waals surface area contributed by atoms with Gasteiger partial charge < -0.3 is 59.8 Å². The number of aliphatic hydroxyl groups excluding tert-OH is 4. The van der Waals surface area contributed by atoms with Crippen LogP contribution in [-0.2, 0) is 55.3 Å². The van der Waals surface area contributed by atoms with Gasteiger partial charge in [0, 0.05) is 54.8 Å². The van der Waals surface area contributed by atoms with Crippen LogP contribution in [0.2, 0.25) is 0 Å². The molecule has 35 nitrogen and oxygen atoms in total. The molecule has 12 N–H and O–H groups in total. The number of aliphatic hydroxyl groups is 4. The van der Waals surface area contributed by atoms with Crippen molar-refractivity contribution < 1.29 is 90.4 Å². The van der Waals surface area contributed by atoms with Crippen molar-refractivity contribution >= 4 is 39.6 Å². The van der Waals surface area contributed by atoms with Crippen LogP contribution in [0.15, 0.2) is 70.5 Å². The first-order valence-electron chi connectivity index (χ1n) is 22.7. The topological polar surface area (TPSA) is 501 Å². The lowest BCUT2D eigenvalue weighted by molar-refractivity contribution is -0.0604. The Hall–Kier alpha value is -4.88. The Balaban J connectivity index is 0.957. The van der Waals surface area contributed by atoms with Gasteiger partial charge in [0.25, 0.3) is 16.7 Å². The second-order valence-electron chi connectivity index (χ2n) is 17.7. The lowest BCUT2D eigenvalue weighted by Gasteiger charge is -2.25. The van der Waals surface area contributed by atoms with Gasteiger partial charge in [0.2, 0.25) is 0 Å². The largest absolute Gasteiger partial charge is 0.472 e. The van der Waals surface area contributed by atoms with E-state index in [9.17, 15) is 82.4 Å². The number of ether oxygens (including phenoxy) is 4. The van der Waals surface area contributed by atoms with E-state index in [1.165, 1.54) is 20.0 Å². The Morgan fingerprint density at radius 2 is 1.14 bits per heavy atom. The highest BCUT2D eigenvalue weighted by atomic mass is 32.7. The van der Waals surface area contributed by atoms with E-state index in [2.05, 4.69) is 15.0 Å². The summed E-state index contributed by atoms with van der Waals surface area (Å²) in [6.45, 7) is -6.22. The maximum atomic E-state index is 14.0. The van der Waals surface area contributed by atoms with Crippen LogP contribution in [0.4, 0.5) is 5.82 Å². The van der Waals surface area contributed by atoms with Gasteiger partial charge in [0.15, 0.2) is 12.5 Å². The van der Waals surface area contributed by atoms with Crippen LogP contribution in [0.1, 0.15) is 48.9 Å². The number of nitrogens with one attached hydrogen (secondary N) is 3. The fraction of sp³-hybridized carbons (Fsp3) is 0.579. The normalized spacial score (nSPS) is 31.8. The molecular formula is C38H50N9O26P3S. The van der Waals surface area contributed by atoms with Crippen LogP contribution in [0.3, 0.4) is 0 Å². The average Bonchev–Trinajstić information content (AvgIpc) is 4.11. The number of phosphoric acid groups is 2. The highest BCUT2D eigenvalue weighted by Crippen LogP contribution is 2.62. The van der Waals surface area contributed by atoms with Crippen molar-refractivity contribution in [1.82, 2.24) is 38.2 Å². The summed E-state index contributed by atoms with van der Waals surface area (Å²) in [7, 11) is -10.6. The molecule has 0 radical (unpaired) electrons. The van der Waals surface area contributed by atoms with E-state index < -0.39 is 180 Å². The number of nitrogen functional groups attached to an aromatic ring is 1. The number of H-pyrrole nitrogens is 3. The summed E-state index contributed by atoms with van der Waals surface area (Å²) >= 11 is -0.00979. The van der Waals surface area contributed by atoms with Gasteiger partial charge in [0.1, 0.15) is 67.1 Å². The van der Waals surface area contributed by atoms with E-state index in [0.29, 0.717) is 0 Å². The summed E-state index contributed by atoms with van der Waals surface area (Å²) in [5.74, 6) is -0.260. The fourth-order valence-corrected chi connectivity index (χ4v) is 13.7. The van der Waals surface area contributed by atoms with Gasteiger partial charge in [-0.1, -0.05) is 0 Å². The summed E-state index contributed by atoms with van der Waals surface area (Å²) in [5.41, 5.74) is -0.435. The fourth-order valence-electron chi connectivity index (χ4n) is 8.51. The SMILES string of the molecule is Cc1cn([C@H]2C[C@H](OP(=O)(O)OC[C@H]3O[C@@H](n4ccc(N)nc4=O)[C@H](SP(=O)(O)OC[C@H]4O[C@@H](n5cc(C)c(=O)[nH]c5=O)C[C@@H]4OP(=O)(O)OC[C@H]4O[C@@H](n5ccc(=O)[nH]c5=O)[C@H](O)[C@@H]4O)[C@@H]3O)[C@@H](CO)O2)c(=O)[nH]c1=O. The number of phosphoric ester groups is 2. The van der Waals surface area contributed by atoms with Gasteiger partial charge in [-0.2, -0.15) is 4.98 Å². The molecular weight excluding hydrogens is 1120 g/mol. The summed E-state index contributed by atoms with van der Waals surface area (Å²) in [4.78, 5) is 129. The molecule has 4 aliphatic heterocycles. The molecule has 0 amide bonds. The first kappa shape index (κ1) is 58.3. The predicted octanol–water partition coefficient (Wildman–Crippen LogP) is -4.24. The molecule has 0 aromatic carbocycles. The van der Waals surface area contributed by atoms with Gasteiger partial charge in [-0.15, -0.1) is 0 Å². The Morgan fingerprint density at radius 3 is 1.69 bits per heavy atom. The molecule has 0 spiro atoms. The van der Waals surface area contributed by atoms with E-state index in [-0.39, 0.29) is 34.7 Å². The van der Waals surface area contributed by atoms with Crippen molar-refractivity contribution in [3.63, 3.8) is 0 Å². The van der Waals surface area contributed by atoms with Crippen LogP contribution < -0.4 is 45.2 Å². The number of aromatic nitrogens is 8. The maximum Gasteiger partial charge on any atom is 0.472 e. The molecule has 3 unspecified atom stereocenters. The minimum absolute atomic E-state index is 0.00979. The second-order valence-corrected chi connectivity index (χ2v) is 24.5. The zero-order valence-corrected chi connectivity index (χ0v) is 43.2. The lowest BCUT2D eigenvalue weighted by atomic mass is 10.1. The average molecular weight is 1170 g/mol. The summed E-state index contributed by atoms with van der Waals surface area (Å²) < 4.78 is 93.3. The van der Waals surface area contributed by atoms with Gasteiger partial charge in [0.05, 0.1) is 37.8 Å². The lowest BCUT2D eigenvalue weighted by Crippen LogP contribution is -2.37. The summed E-state index contributed by atoms with van der Waals surface area (Å²) in [5, 5.41) is 41.1. The zero-order valence-electron chi connectivity index (χ0n) is 39.7. The molecule has 17 atom stereocenters. The minimum Gasteiger partial charge on any atom is -0.394 e. The van der Waals surface area contributed by atoms with Crippen molar-refractivity contribution in [3.8, 4) is 0 Å². The minimum atomic E-state index is -5.34. The molecule has 39 heteroatoms. The molecule has 0 bridgehead atoms. The molecule has 8 rings (SSSR count). The van der Waals surface area contributed by atoms with Gasteiger partial charge in [-0.3, -0.25) is 70.2 Å².